The van der Waals surface area contributed by atoms with Crippen LogP contribution in [0.25, 0.3) is 6.08 Å². The highest BCUT2D eigenvalue weighted by molar-refractivity contribution is 7.49. The van der Waals surface area contributed by atoms with E-state index in [2.05, 4.69) is 13.2 Å². The van der Waals surface area contributed by atoms with Crippen LogP contribution in [-0.2, 0) is 13.8 Å². The molecular formula is C27H27ClNO6P. The Morgan fingerprint density at radius 3 is 1.94 bits per heavy atom. The number of halogens is 1. The zero-order valence-electron chi connectivity index (χ0n) is 20.2. The second kappa shape index (κ2) is 11.4. The number of phosphoric ester groups is 1. The van der Waals surface area contributed by atoms with Gasteiger partial charge in [0.1, 0.15) is 17.1 Å². The molecule has 0 atom stereocenters. The fourth-order valence-electron chi connectivity index (χ4n) is 2.97. The van der Waals surface area contributed by atoms with E-state index < -0.39 is 19.5 Å². The average Bonchev–Trinajstić information content (AvgIpc) is 2.79. The molecule has 0 fully saturated rings. The Kier molecular flexibility index (Phi) is 8.51. The van der Waals surface area contributed by atoms with Crippen LogP contribution in [0.2, 0.25) is 5.02 Å². The lowest BCUT2D eigenvalue weighted by Gasteiger charge is -2.30. The molecule has 9 heteroatoms. The molecule has 3 rings (SSSR count). The van der Waals surface area contributed by atoms with Crippen molar-refractivity contribution < 1.29 is 27.7 Å². The molecule has 0 unspecified atom stereocenters. The maximum Gasteiger partial charge on any atom is 0.648 e. The van der Waals surface area contributed by atoms with Crippen molar-refractivity contribution in [3.8, 4) is 11.5 Å². The van der Waals surface area contributed by atoms with Gasteiger partial charge in [-0.15, -0.1) is 0 Å². The van der Waals surface area contributed by atoms with Crippen LogP contribution < -0.4 is 13.9 Å². The van der Waals surface area contributed by atoms with Crippen molar-refractivity contribution in [1.29, 1.82) is 0 Å². The molecule has 0 aliphatic carbocycles. The van der Waals surface area contributed by atoms with Crippen LogP contribution in [0.5, 0.6) is 11.5 Å². The Morgan fingerprint density at radius 2 is 1.47 bits per heavy atom. The van der Waals surface area contributed by atoms with E-state index in [9.17, 15) is 9.36 Å². The van der Waals surface area contributed by atoms with Gasteiger partial charge in [-0.1, -0.05) is 66.7 Å². The number of carbonyl (C=O) groups is 1. The van der Waals surface area contributed by atoms with Crippen LogP contribution in [0.3, 0.4) is 0 Å². The first kappa shape index (κ1) is 26.9. The number of rotatable bonds is 9. The molecule has 0 aliphatic heterocycles. The number of phosphoric acid groups is 1. The Labute approximate surface area is 216 Å². The van der Waals surface area contributed by atoms with Gasteiger partial charge in [0, 0.05) is 5.02 Å². The zero-order valence-corrected chi connectivity index (χ0v) is 21.9. The average molecular weight is 528 g/mol. The predicted octanol–water partition coefficient (Wildman–Crippen LogP) is 8.48. The number of nitrogens with zero attached hydrogens (tertiary/aromatic N) is 1. The highest BCUT2D eigenvalue weighted by Crippen LogP contribution is 2.52. The van der Waals surface area contributed by atoms with Crippen molar-refractivity contribution in [2.75, 3.05) is 4.90 Å². The maximum absolute atomic E-state index is 13.9. The van der Waals surface area contributed by atoms with E-state index in [1.807, 2.05) is 0 Å². The van der Waals surface area contributed by atoms with Gasteiger partial charge >= 0.3 is 13.9 Å². The summed E-state index contributed by atoms with van der Waals surface area (Å²) in [4.78, 5) is 14.3. The van der Waals surface area contributed by atoms with Gasteiger partial charge in [-0.3, -0.25) is 0 Å². The van der Waals surface area contributed by atoms with Crippen molar-refractivity contribution in [2.45, 2.75) is 26.4 Å². The number of amides is 1. The van der Waals surface area contributed by atoms with Gasteiger partial charge < -0.3 is 18.3 Å². The molecule has 0 aliphatic rings. The standard InChI is InChI=1S/C27H27ClNO6P/c1-6-21-17-18-22(28)19-25(21)29(26(30)32-27(3,4)5)20(2)33-36(31,34-23-13-9-7-10-14-23)35-24-15-11-8-12-16-24/h6-19H,1-2H2,3-5H3. The van der Waals surface area contributed by atoms with Crippen LogP contribution >= 0.6 is 19.4 Å². The quantitative estimate of drug-likeness (QED) is 0.205. The molecule has 0 saturated carbocycles. The molecule has 0 aromatic heterocycles. The van der Waals surface area contributed by atoms with E-state index in [1.54, 1.807) is 93.6 Å². The van der Waals surface area contributed by atoms with E-state index >= 15 is 0 Å². The Morgan fingerprint density at radius 1 is 0.944 bits per heavy atom. The molecule has 3 aromatic rings. The number of anilines is 1. The van der Waals surface area contributed by atoms with Crippen LogP contribution in [0.15, 0.2) is 97.9 Å². The highest BCUT2D eigenvalue weighted by atomic mass is 35.5. The molecule has 1 amide bonds. The summed E-state index contributed by atoms with van der Waals surface area (Å²) < 4.78 is 36.4. The summed E-state index contributed by atoms with van der Waals surface area (Å²) in [6.45, 7) is 12.8. The van der Waals surface area contributed by atoms with Gasteiger partial charge in [0.05, 0.1) is 5.69 Å². The molecule has 36 heavy (non-hydrogen) atoms. The van der Waals surface area contributed by atoms with E-state index in [0.29, 0.717) is 10.6 Å². The van der Waals surface area contributed by atoms with Crippen LogP contribution in [-0.4, -0.2) is 11.7 Å². The van der Waals surface area contributed by atoms with E-state index in [1.165, 1.54) is 12.1 Å². The minimum atomic E-state index is -4.43. The Bertz CT molecular complexity index is 1230. The predicted molar refractivity (Wildman–Crippen MR) is 142 cm³/mol. The largest absolute Gasteiger partial charge is 0.648 e. The Hall–Kier alpha value is -3.67. The first-order chi connectivity index (χ1) is 17.0. The molecule has 0 radical (unpaired) electrons. The summed E-state index contributed by atoms with van der Waals surface area (Å²) >= 11 is 6.22. The van der Waals surface area contributed by atoms with Gasteiger partial charge in [-0.25, -0.2) is 9.69 Å². The summed E-state index contributed by atoms with van der Waals surface area (Å²) in [5, 5.41) is 0.334. The number of hydrogen-bond donors (Lipinski definition) is 0. The van der Waals surface area contributed by atoms with Crippen LogP contribution in [0.4, 0.5) is 10.5 Å². The molecule has 0 N–H and O–H groups in total. The lowest BCUT2D eigenvalue weighted by molar-refractivity contribution is 0.0576. The number of ether oxygens (including phenoxy) is 1. The SMILES string of the molecule is C=Cc1ccc(Cl)cc1N(C(=C)OP(=O)(Oc1ccccc1)Oc1ccccc1)C(=O)OC(C)(C)C. The summed E-state index contributed by atoms with van der Waals surface area (Å²) in [6.07, 6.45) is 0.681. The molecule has 0 bridgehead atoms. The molecule has 0 spiro atoms. The summed E-state index contributed by atoms with van der Waals surface area (Å²) in [6, 6.07) is 21.5. The third kappa shape index (κ3) is 7.41. The normalized spacial score (nSPS) is 11.2. The fraction of sp³-hybridized carbons (Fsp3) is 0.148. The monoisotopic (exact) mass is 527 g/mol. The minimum Gasteiger partial charge on any atom is -0.443 e. The number of hydrogen-bond acceptors (Lipinski definition) is 6. The van der Waals surface area contributed by atoms with E-state index in [-0.39, 0.29) is 23.1 Å². The molecule has 188 valence electrons. The molecule has 3 aromatic carbocycles. The first-order valence-electron chi connectivity index (χ1n) is 10.9. The van der Waals surface area contributed by atoms with Crippen molar-refractivity contribution in [2.24, 2.45) is 0 Å². The minimum absolute atomic E-state index is 0.225. The van der Waals surface area contributed by atoms with Gasteiger partial charge in [0.25, 0.3) is 0 Å². The van der Waals surface area contributed by atoms with Crippen molar-refractivity contribution in [1.82, 2.24) is 0 Å². The number of carbonyl (C=O) groups excluding carboxylic acids is 1. The lowest BCUT2D eigenvalue weighted by Crippen LogP contribution is -2.37. The lowest BCUT2D eigenvalue weighted by atomic mass is 10.1. The van der Waals surface area contributed by atoms with Gasteiger partial charge in [-0.2, -0.15) is 4.57 Å². The smallest absolute Gasteiger partial charge is 0.443 e. The maximum atomic E-state index is 13.9. The van der Waals surface area contributed by atoms with E-state index in [4.69, 9.17) is 29.9 Å². The summed E-state index contributed by atoms with van der Waals surface area (Å²) in [5.41, 5.74) is -0.0756. The summed E-state index contributed by atoms with van der Waals surface area (Å²) in [7, 11) is -4.43. The Balaban J connectivity index is 2.03. The van der Waals surface area contributed by atoms with Crippen molar-refractivity contribution in [3.05, 3.63) is 108 Å². The van der Waals surface area contributed by atoms with Crippen molar-refractivity contribution >= 4 is 37.3 Å². The molecule has 0 heterocycles. The molecule has 0 saturated heterocycles. The van der Waals surface area contributed by atoms with Crippen LogP contribution in [0, 0.1) is 0 Å². The second-order valence-corrected chi connectivity index (χ2v) is 10.3. The highest BCUT2D eigenvalue weighted by Gasteiger charge is 2.38. The first-order valence-corrected chi connectivity index (χ1v) is 12.8. The number of benzene rings is 3. The fourth-order valence-corrected chi connectivity index (χ4v) is 4.35. The third-order valence-corrected chi connectivity index (χ3v) is 5.96. The third-order valence-electron chi connectivity index (χ3n) is 4.42. The zero-order chi connectivity index (χ0) is 26.3. The van der Waals surface area contributed by atoms with Crippen molar-refractivity contribution in [3.63, 3.8) is 0 Å². The number of para-hydroxylation sites is 2. The van der Waals surface area contributed by atoms with Gasteiger partial charge in [-0.05, 0) is 69.3 Å². The van der Waals surface area contributed by atoms with Crippen LogP contribution in [0.1, 0.15) is 26.3 Å². The second-order valence-electron chi connectivity index (χ2n) is 8.46. The topological polar surface area (TPSA) is 74.3 Å². The van der Waals surface area contributed by atoms with E-state index in [0.717, 1.165) is 4.90 Å². The molecule has 7 nitrogen and oxygen atoms in total. The summed E-state index contributed by atoms with van der Waals surface area (Å²) in [5.74, 6) is 0.0793. The van der Waals surface area contributed by atoms with Gasteiger partial charge in [0.2, 0.25) is 5.88 Å². The molecular weight excluding hydrogens is 501 g/mol. The van der Waals surface area contributed by atoms with Gasteiger partial charge in [0.15, 0.2) is 0 Å².